The third kappa shape index (κ3) is 6.93. The number of aromatic nitrogens is 3. The van der Waals surface area contributed by atoms with Crippen LogP contribution >= 0.6 is 23.2 Å². The zero-order valence-corrected chi connectivity index (χ0v) is 21.4. The summed E-state index contributed by atoms with van der Waals surface area (Å²) in [5.74, 6) is 0.552. The smallest absolute Gasteiger partial charge is 0.251 e. The Morgan fingerprint density at radius 3 is 2.46 bits per heavy atom. The van der Waals surface area contributed by atoms with E-state index in [2.05, 4.69) is 20.3 Å². The van der Waals surface area contributed by atoms with E-state index in [0.717, 1.165) is 30.1 Å². The van der Waals surface area contributed by atoms with E-state index in [1.165, 1.54) is 12.1 Å². The molecule has 184 valence electrons. The highest BCUT2D eigenvalue weighted by molar-refractivity contribution is 6.42. The second-order valence-electron chi connectivity index (χ2n) is 7.69. The first-order valence-corrected chi connectivity index (χ1v) is 12.2. The van der Waals surface area contributed by atoms with E-state index in [-0.39, 0.29) is 17.8 Å². The molecule has 0 bridgehead atoms. The molecule has 0 unspecified atom stereocenters. The number of nitrogens with zero attached hydrogens (tertiary/aromatic N) is 4. The zero-order chi connectivity index (χ0) is 25.4. The molecule has 1 atom stereocenters. The number of nitrogens with one attached hydrogen (secondary N) is 1. The number of halogens is 3. The molecule has 3 heterocycles. The Morgan fingerprint density at radius 2 is 1.80 bits per heavy atom. The molecule has 2 aromatic heterocycles. The highest BCUT2D eigenvalue weighted by Crippen LogP contribution is 2.23. The zero-order valence-electron chi connectivity index (χ0n) is 19.9. The predicted octanol–water partition coefficient (Wildman–Crippen LogP) is 6.21. The van der Waals surface area contributed by atoms with Gasteiger partial charge in [0, 0.05) is 24.7 Å². The van der Waals surface area contributed by atoms with Crippen LogP contribution in [0.4, 0.5) is 10.2 Å². The maximum Gasteiger partial charge on any atom is 0.251 e. The van der Waals surface area contributed by atoms with Crippen LogP contribution < -0.4 is 10.2 Å². The largest absolute Gasteiger partial charge is 0.353 e. The van der Waals surface area contributed by atoms with Crippen LogP contribution in [0, 0.1) is 12.7 Å². The van der Waals surface area contributed by atoms with Crippen LogP contribution in [0.25, 0.3) is 5.65 Å². The van der Waals surface area contributed by atoms with Gasteiger partial charge in [-0.3, -0.25) is 4.79 Å². The molecule has 0 spiro atoms. The molecular formula is C26H28Cl2FN5O. The number of carbonyl (C=O) groups is 1. The summed E-state index contributed by atoms with van der Waals surface area (Å²) in [7, 11) is 0. The maximum atomic E-state index is 12.4. The van der Waals surface area contributed by atoms with E-state index in [1.54, 1.807) is 42.6 Å². The summed E-state index contributed by atoms with van der Waals surface area (Å²) in [5, 5.41) is 8.51. The summed E-state index contributed by atoms with van der Waals surface area (Å²) in [6, 6.07) is 16.8. The first-order chi connectivity index (χ1) is 16.9. The Balaban J connectivity index is 0.000000324. The summed E-state index contributed by atoms with van der Waals surface area (Å²) in [6.45, 7) is 7.51. The predicted molar refractivity (Wildman–Crippen MR) is 140 cm³/mol. The van der Waals surface area contributed by atoms with E-state index in [0.29, 0.717) is 22.2 Å². The number of rotatable bonds is 3. The molecule has 1 aliphatic rings. The van der Waals surface area contributed by atoms with Gasteiger partial charge >= 0.3 is 0 Å². The highest BCUT2D eigenvalue weighted by Gasteiger charge is 2.25. The molecule has 2 aromatic carbocycles. The van der Waals surface area contributed by atoms with Gasteiger partial charge in [-0.25, -0.2) is 13.9 Å². The molecule has 1 amide bonds. The van der Waals surface area contributed by atoms with Crippen LogP contribution in [0.15, 0.2) is 66.9 Å². The summed E-state index contributed by atoms with van der Waals surface area (Å²) in [5.41, 5.74) is 2.33. The quantitative estimate of drug-likeness (QED) is 0.352. The van der Waals surface area contributed by atoms with Crippen LogP contribution in [-0.4, -0.2) is 39.6 Å². The Bertz CT molecular complexity index is 1270. The Kier molecular flexibility index (Phi) is 9.46. The monoisotopic (exact) mass is 515 g/mol. The lowest BCUT2D eigenvalue weighted by Crippen LogP contribution is -2.37. The van der Waals surface area contributed by atoms with Crippen molar-refractivity contribution in [2.75, 3.05) is 18.0 Å². The lowest BCUT2D eigenvalue weighted by atomic mass is 10.2. The molecule has 1 aliphatic heterocycles. The molecule has 1 fully saturated rings. The first kappa shape index (κ1) is 26.4. The molecule has 0 aliphatic carbocycles. The summed E-state index contributed by atoms with van der Waals surface area (Å²) in [6.07, 6.45) is 2.66. The molecule has 1 saturated heterocycles. The van der Waals surface area contributed by atoms with Gasteiger partial charge in [-0.2, -0.15) is 0 Å². The summed E-state index contributed by atoms with van der Waals surface area (Å²) < 4.78 is 13.7. The van der Waals surface area contributed by atoms with Crippen molar-refractivity contribution >= 4 is 40.6 Å². The topological polar surface area (TPSA) is 62.5 Å². The second-order valence-corrected chi connectivity index (χ2v) is 8.51. The van der Waals surface area contributed by atoms with E-state index >= 15 is 0 Å². The van der Waals surface area contributed by atoms with Crippen LogP contribution in [0.5, 0.6) is 0 Å². The average Bonchev–Trinajstić information content (AvgIpc) is 3.49. The van der Waals surface area contributed by atoms with Gasteiger partial charge in [0.15, 0.2) is 5.65 Å². The molecule has 0 radical (unpaired) electrons. The third-order valence-corrected chi connectivity index (χ3v) is 6.02. The SMILES string of the molecule is CC.Cc1cnc2ccc(N3CC[C@H](NC(=O)c4ccc(Cl)c(Cl)c4)C3)nn12.Fc1ccccc1. The van der Waals surface area contributed by atoms with Crippen LogP contribution in [0.3, 0.4) is 0 Å². The minimum absolute atomic E-state index is 0.0540. The van der Waals surface area contributed by atoms with Crippen molar-refractivity contribution < 1.29 is 9.18 Å². The fourth-order valence-corrected chi connectivity index (χ4v) is 3.85. The van der Waals surface area contributed by atoms with Crippen molar-refractivity contribution in [2.24, 2.45) is 0 Å². The number of hydrogen-bond acceptors (Lipinski definition) is 4. The van der Waals surface area contributed by atoms with Gasteiger partial charge in [-0.05, 0) is 55.8 Å². The molecule has 4 aromatic rings. The number of anilines is 1. The van der Waals surface area contributed by atoms with Crippen LogP contribution in [0.2, 0.25) is 10.0 Å². The molecule has 5 rings (SSSR count). The molecule has 35 heavy (non-hydrogen) atoms. The van der Waals surface area contributed by atoms with Crippen molar-refractivity contribution in [3.05, 3.63) is 94.0 Å². The van der Waals surface area contributed by atoms with E-state index in [4.69, 9.17) is 23.2 Å². The second kappa shape index (κ2) is 12.5. The Labute approximate surface area is 214 Å². The third-order valence-electron chi connectivity index (χ3n) is 5.28. The van der Waals surface area contributed by atoms with Gasteiger partial charge in [0.05, 0.1) is 21.9 Å². The molecule has 9 heteroatoms. The van der Waals surface area contributed by atoms with Gasteiger partial charge in [-0.15, -0.1) is 5.10 Å². The number of benzene rings is 2. The molecule has 0 saturated carbocycles. The lowest BCUT2D eigenvalue weighted by molar-refractivity contribution is 0.0940. The number of fused-ring (bicyclic) bond motifs is 1. The van der Waals surface area contributed by atoms with Crippen molar-refractivity contribution in [2.45, 2.75) is 33.2 Å². The molecule has 1 N–H and O–H groups in total. The van der Waals surface area contributed by atoms with Crippen molar-refractivity contribution in [1.82, 2.24) is 19.9 Å². The van der Waals surface area contributed by atoms with E-state index in [1.807, 2.05) is 37.4 Å². The first-order valence-electron chi connectivity index (χ1n) is 11.4. The Morgan fingerprint density at radius 1 is 1.06 bits per heavy atom. The van der Waals surface area contributed by atoms with E-state index < -0.39 is 0 Å². The maximum absolute atomic E-state index is 12.4. The normalized spacial score (nSPS) is 14.6. The van der Waals surface area contributed by atoms with Gasteiger partial charge in [0.2, 0.25) is 0 Å². The van der Waals surface area contributed by atoms with Crippen LogP contribution in [0.1, 0.15) is 36.3 Å². The fraction of sp³-hybridized carbons (Fsp3) is 0.269. The van der Waals surface area contributed by atoms with Crippen molar-refractivity contribution in [3.63, 3.8) is 0 Å². The minimum atomic E-state index is -0.178. The van der Waals surface area contributed by atoms with Crippen LogP contribution in [-0.2, 0) is 0 Å². The minimum Gasteiger partial charge on any atom is -0.353 e. The number of hydrogen-bond donors (Lipinski definition) is 1. The van der Waals surface area contributed by atoms with Gasteiger partial charge < -0.3 is 10.2 Å². The van der Waals surface area contributed by atoms with Crippen molar-refractivity contribution in [3.8, 4) is 0 Å². The average molecular weight is 516 g/mol. The molecular weight excluding hydrogens is 488 g/mol. The number of aryl methyl sites for hydroxylation is 1. The summed E-state index contributed by atoms with van der Waals surface area (Å²) >= 11 is 11.9. The lowest BCUT2D eigenvalue weighted by Gasteiger charge is -2.18. The standard InChI is InChI=1S/C18H17Cl2N5O.C6H5F.C2H6/c1-11-9-21-16-4-5-17(23-25(11)16)24-7-6-13(10-24)22-18(26)12-2-3-14(19)15(20)8-12;7-6-4-2-1-3-5-6;1-2/h2-5,8-9,13H,6-7,10H2,1H3,(H,22,26);1-5H;1-2H3/t13-;;/m0../s1. The van der Waals surface area contributed by atoms with Gasteiger partial charge in [0.1, 0.15) is 11.6 Å². The summed E-state index contributed by atoms with van der Waals surface area (Å²) in [4.78, 5) is 18.9. The Hall–Kier alpha value is -3.16. The van der Waals surface area contributed by atoms with Crippen molar-refractivity contribution in [1.29, 1.82) is 0 Å². The van der Waals surface area contributed by atoms with Gasteiger partial charge in [0.25, 0.3) is 5.91 Å². The number of imidazole rings is 1. The molecule has 6 nitrogen and oxygen atoms in total. The fourth-order valence-electron chi connectivity index (χ4n) is 3.55. The van der Waals surface area contributed by atoms with E-state index in [9.17, 15) is 9.18 Å². The van der Waals surface area contributed by atoms with Gasteiger partial charge in [-0.1, -0.05) is 55.2 Å². The highest BCUT2D eigenvalue weighted by atomic mass is 35.5. The number of carbonyl (C=O) groups excluding carboxylic acids is 1. The number of amides is 1.